The van der Waals surface area contributed by atoms with E-state index in [2.05, 4.69) is 55.4 Å². The van der Waals surface area contributed by atoms with Crippen LogP contribution in [0.2, 0.25) is 0 Å². The molecule has 0 aliphatic carbocycles. The number of esters is 4. The average molecular weight is 1340 g/mol. The van der Waals surface area contributed by atoms with Gasteiger partial charge < -0.3 is 33.8 Å². The molecule has 17 nitrogen and oxygen atoms in total. The topological polar surface area (TPSA) is 237 Å². The Morgan fingerprint density at radius 1 is 0.308 bits per heavy atom. The Balaban J connectivity index is 5.26. The summed E-state index contributed by atoms with van der Waals surface area (Å²) < 4.78 is 68.4. The second-order valence-corrected chi connectivity index (χ2v) is 30.6. The first kappa shape index (κ1) is 89.1. The van der Waals surface area contributed by atoms with Crippen molar-refractivity contribution in [3.8, 4) is 0 Å². The third-order valence-corrected chi connectivity index (χ3v) is 18.8. The van der Waals surface area contributed by atoms with Gasteiger partial charge in [0.05, 0.1) is 26.4 Å². The van der Waals surface area contributed by atoms with Crippen LogP contribution in [0.3, 0.4) is 0 Å². The molecule has 91 heavy (non-hydrogen) atoms. The normalized spacial score (nSPS) is 14.5. The average Bonchev–Trinajstić information content (AvgIpc) is 2.84. The molecular weight excluding hydrogens is 1200 g/mol. The van der Waals surface area contributed by atoms with Crippen LogP contribution in [-0.4, -0.2) is 96.7 Å². The first-order valence-corrected chi connectivity index (χ1v) is 40.2. The third-order valence-electron chi connectivity index (χ3n) is 16.9. The molecule has 0 aromatic heterocycles. The minimum atomic E-state index is -4.95. The van der Waals surface area contributed by atoms with Crippen molar-refractivity contribution in [2.75, 3.05) is 39.6 Å². The molecule has 0 aromatic rings. The molecule has 4 unspecified atom stereocenters. The highest BCUT2D eigenvalue weighted by Gasteiger charge is 2.30. The van der Waals surface area contributed by atoms with Crippen LogP contribution < -0.4 is 0 Å². The number of unbranched alkanes of at least 4 members (excludes halogenated alkanes) is 34. The molecule has 6 atom stereocenters. The number of hydrogen-bond acceptors (Lipinski definition) is 15. The second kappa shape index (κ2) is 61.6. The molecule has 0 heterocycles. The SMILES string of the molecule is CCC(C)CCCCCCCCCCC(=O)OC[C@H](COP(=O)(O)OCC(O)COP(=O)(O)OC[C@@H](COC(=O)CCCCCCCCCC(C)C)OC(=O)CCCCCCCCCCCCCCCC(C)C)OC(=O)CCCCCCCCCCCCC(C)C. The number of phosphoric ester groups is 2. The van der Waals surface area contributed by atoms with Gasteiger partial charge in [0.25, 0.3) is 0 Å². The van der Waals surface area contributed by atoms with Crippen molar-refractivity contribution in [3.05, 3.63) is 0 Å². The van der Waals surface area contributed by atoms with Gasteiger partial charge in [-0.25, -0.2) is 9.13 Å². The lowest BCUT2D eigenvalue weighted by Crippen LogP contribution is -2.30. The summed E-state index contributed by atoms with van der Waals surface area (Å²) in [6.45, 7) is 14.1. The standard InChI is InChI=1S/C72H140O17P2/c1-9-65(8)51-43-35-27-21-22-28-36-44-52-69(74)82-58-67(88-72(77)55-47-39-30-20-16-15-18-25-33-41-49-63(4)5)60-86-90(78,79)84-56-66(73)57-85-91(80,81)87-61-68(59-83-70(75)53-45-37-31-23-26-34-42-50-64(6)7)89-71(76)54-46-38-29-19-14-12-10-11-13-17-24-32-40-48-62(2)3/h62-68,73H,9-61H2,1-8H3,(H,78,79)(H,80,81)/t65?,66?,67-,68-/m1/s1. The number of rotatable bonds is 69. The highest BCUT2D eigenvalue weighted by molar-refractivity contribution is 7.47. The van der Waals surface area contributed by atoms with Gasteiger partial charge in [-0.1, -0.05) is 306 Å². The number of ether oxygens (including phenoxy) is 4. The van der Waals surface area contributed by atoms with Gasteiger partial charge in [0.15, 0.2) is 12.2 Å². The highest BCUT2D eigenvalue weighted by atomic mass is 31.2. The van der Waals surface area contributed by atoms with Crippen LogP contribution in [0.1, 0.15) is 357 Å². The molecule has 0 radical (unpaired) electrons. The smallest absolute Gasteiger partial charge is 0.462 e. The van der Waals surface area contributed by atoms with Crippen LogP contribution in [0.15, 0.2) is 0 Å². The van der Waals surface area contributed by atoms with Gasteiger partial charge >= 0.3 is 39.5 Å². The van der Waals surface area contributed by atoms with Gasteiger partial charge in [-0.05, 0) is 49.4 Å². The van der Waals surface area contributed by atoms with E-state index in [0.717, 1.165) is 114 Å². The second-order valence-electron chi connectivity index (χ2n) is 27.6. The first-order chi connectivity index (χ1) is 43.6. The summed E-state index contributed by atoms with van der Waals surface area (Å²) >= 11 is 0. The summed E-state index contributed by atoms with van der Waals surface area (Å²) in [4.78, 5) is 72.6. The zero-order chi connectivity index (χ0) is 67.5. The molecule has 3 N–H and O–H groups in total. The van der Waals surface area contributed by atoms with E-state index in [-0.39, 0.29) is 25.7 Å². The fourth-order valence-corrected chi connectivity index (χ4v) is 12.4. The lowest BCUT2D eigenvalue weighted by molar-refractivity contribution is -0.161. The Morgan fingerprint density at radius 3 is 0.780 bits per heavy atom. The predicted octanol–water partition coefficient (Wildman–Crippen LogP) is 20.5. The maximum absolute atomic E-state index is 13.0. The van der Waals surface area contributed by atoms with E-state index in [1.54, 1.807) is 0 Å². The molecule has 0 spiro atoms. The minimum absolute atomic E-state index is 0.105. The van der Waals surface area contributed by atoms with Gasteiger partial charge in [0, 0.05) is 25.7 Å². The van der Waals surface area contributed by atoms with E-state index in [0.29, 0.717) is 31.6 Å². The number of carbonyl (C=O) groups excluding carboxylic acids is 4. The Kier molecular flexibility index (Phi) is 60.3. The summed E-state index contributed by atoms with van der Waals surface area (Å²) in [5.74, 6) is 0.894. The Bertz CT molecular complexity index is 1800. The Labute approximate surface area is 556 Å². The molecule has 0 aliphatic rings. The number of carbonyl (C=O) groups is 4. The zero-order valence-corrected chi connectivity index (χ0v) is 61.3. The predicted molar refractivity (Wildman–Crippen MR) is 367 cm³/mol. The highest BCUT2D eigenvalue weighted by Crippen LogP contribution is 2.45. The van der Waals surface area contributed by atoms with Crippen molar-refractivity contribution < 1.29 is 80.2 Å². The van der Waals surface area contributed by atoms with Crippen LogP contribution in [0.5, 0.6) is 0 Å². The number of phosphoric acid groups is 2. The van der Waals surface area contributed by atoms with Gasteiger partial charge in [0.2, 0.25) is 0 Å². The Hall–Kier alpha value is -1.94. The lowest BCUT2D eigenvalue weighted by Gasteiger charge is -2.21. The molecule has 0 saturated carbocycles. The first-order valence-electron chi connectivity index (χ1n) is 37.2. The zero-order valence-electron chi connectivity index (χ0n) is 59.5. The van der Waals surface area contributed by atoms with Crippen molar-refractivity contribution >= 4 is 39.5 Å². The van der Waals surface area contributed by atoms with E-state index in [1.165, 1.54) is 154 Å². The van der Waals surface area contributed by atoms with Crippen molar-refractivity contribution in [1.29, 1.82) is 0 Å². The van der Waals surface area contributed by atoms with Gasteiger partial charge in [-0.15, -0.1) is 0 Å². The fraction of sp³-hybridized carbons (Fsp3) is 0.944. The van der Waals surface area contributed by atoms with E-state index in [4.69, 9.17) is 37.0 Å². The molecule has 540 valence electrons. The molecule has 0 amide bonds. The molecule has 19 heteroatoms. The van der Waals surface area contributed by atoms with Crippen molar-refractivity contribution in [2.45, 2.75) is 375 Å². The van der Waals surface area contributed by atoms with E-state index < -0.39 is 97.5 Å². The van der Waals surface area contributed by atoms with E-state index in [1.807, 2.05) is 0 Å². The van der Waals surface area contributed by atoms with E-state index in [9.17, 15) is 43.2 Å². The molecule has 0 aromatic carbocycles. The van der Waals surface area contributed by atoms with Crippen LogP contribution >= 0.6 is 15.6 Å². The summed E-state index contributed by atoms with van der Waals surface area (Å²) in [6.07, 6.45) is 44.4. The van der Waals surface area contributed by atoms with Gasteiger partial charge in [0.1, 0.15) is 19.3 Å². The van der Waals surface area contributed by atoms with Gasteiger partial charge in [-0.2, -0.15) is 0 Å². The van der Waals surface area contributed by atoms with Crippen LogP contribution in [0, 0.1) is 23.7 Å². The van der Waals surface area contributed by atoms with Crippen LogP contribution in [0.25, 0.3) is 0 Å². The van der Waals surface area contributed by atoms with Crippen molar-refractivity contribution in [3.63, 3.8) is 0 Å². The van der Waals surface area contributed by atoms with Gasteiger partial charge in [-0.3, -0.25) is 37.3 Å². The molecule has 0 rings (SSSR count). The third kappa shape index (κ3) is 65.1. The monoisotopic (exact) mass is 1340 g/mol. The summed E-state index contributed by atoms with van der Waals surface area (Å²) in [7, 11) is -9.91. The minimum Gasteiger partial charge on any atom is -0.462 e. The Morgan fingerprint density at radius 2 is 0.527 bits per heavy atom. The molecule has 0 fully saturated rings. The molecule has 0 bridgehead atoms. The number of hydrogen-bond donors (Lipinski definition) is 3. The van der Waals surface area contributed by atoms with E-state index >= 15 is 0 Å². The molecular formula is C72H140O17P2. The van der Waals surface area contributed by atoms with Crippen molar-refractivity contribution in [2.24, 2.45) is 23.7 Å². The number of aliphatic hydroxyl groups is 1. The maximum Gasteiger partial charge on any atom is 0.472 e. The molecule has 0 saturated heterocycles. The fourth-order valence-electron chi connectivity index (χ4n) is 10.8. The largest absolute Gasteiger partial charge is 0.472 e. The summed E-state index contributed by atoms with van der Waals surface area (Å²) in [6, 6.07) is 0. The quantitative estimate of drug-likeness (QED) is 0.0222. The summed E-state index contributed by atoms with van der Waals surface area (Å²) in [5, 5.41) is 10.6. The number of aliphatic hydroxyl groups excluding tert-OH is 1. The maximum atomic E-state index is 13.0. The molecule has 0 aliphatic heterocycles. The van der Waals surface area contributed by atoms with Crippen LogP contribution in [0.4, 0.5) is 0 Å². The summed E-state index contributed by atoms with van der Waals surface area (Å²) in [5.41, 5.74) is 0. The lowest BCUT2D eigenvalue weighted by atomic mass is 9.99. The van der Waals surface area contributed by atoms with Crippen molar-refractivity contribution in [1.82, 2.24) is 0 Å². The van der Waals surface area contributed by atoms with Crippen LogP contribution in [-0.2, 0) is 65.4 Å².